The molecule has 0 radical (unpaired) electrons. The standard InChI is InChI=1S/C14H18ClNO3/c1-2-10(7-8-15)16-14(17)13-9-18-11-5-3-4-6-12(11)19-13/h3-6,10,13H,2,7-9H2,1H3,(H,16,17). The highest BCUT2D eigenvalue weighted by molar-refractivity contribution is 6.17. The number of hydrogen-bond donors (Lipinski definition) is 1. The monoisotopic (exact) mass is 283 g/mol. The lowest BCUT2D eigenvalue weighted by Gasteiger charge is -2.27. The molecule has 0 aromatic heterocycles. The van der Waals surface area contributed by atoms with Gasteiger partial charge in [0.15, 0.2) is 11.5 Å². The molecular formula is C14H18ClNO3. The molecule has 0 saturated carbocycles. The fraction of sp³-hybridized carbons (Fsp3) is 0.500. The van der Waals surface area contributed by atoms with Crippen LogP contribution in [0, 0.1) is 0 Å². The van der Waals surface area contributed by atoms with Gasteiger partial charge in [0.2, 0.25) is 6.10 Å². The molecule has 1 heterocycles. The number of benzene rings is 1. The van der Waals surface area contributed by atoms with Gasteiger partial charge >= 0.3 is 0 Å². The number of halogens is 1. The molecule has 5 heteroatoms. The molecule has 1 aliphatic rings. The number of amides is 1. The maximum Gasteiger partial charge on any atom is 0.264 e. The Labute approximate surface area is 118 Å². The fourth-order valence-corrected chi connectivity index (χ4v) is 2.22. The van der Waals surface area contributed by atoms with Crippen LogP contribution in [0.4, 0.5) is 0 Å². The molecule has 1 aromatic rings. The Morgan fingerprint density at radius 2 is 2.21 bits per heavy atom. The minimum atomic E-state index is -0.598. The van der Waals surface area contributed by atoms with Crippen molar-refractivity contribution in [2.24, 2.45) is 0 Å². The molecular weight excluding hydrogens is 266 g/mol. The van der Waals surface area contributed by atoms with Crippen LogP contribution in [-0.2, 0) is 4.79 Å². The van der Waals surface area contributed by atoms with Gasteiger partial charge in [0.05, 0.1) is 0 Å². The van der Waals surface area contributed by atoms with E-state index in [1.54, 1.807) is 6.07 Å². The number of para-hydroxylation sites is 2. The van der Waals surface area contributed by atoms with Gasteiger partial charge in [0, 0.05) is 11.9 Å². The normalized spacial score (nSPS) is 18.7. The van der Waals surface area contributed by atoms with E-state index in [4.69, 9.17) is 21.1 Å². The zero-order chi connectivity index (χ0) is 13.7. The largest absolute Gasteiger partial charge is 0.485 e. The van der Waals surface area contributed by atoms with E-state index in [1.165, 1.54) is 0 Å². The zero-order valence-electron chi connectivity index (χ0n) is 10.9. The third-order valence-corrected chi connectivity index (χ3v) is 3.32. The molecule has 4 nitrogen and oxygen atoms in total. The number of fused-ring (bicyclic) bond motifs is 1. The van der Waals surface area contributed by atoms with E-state index < -0.39 is 6.10 Å². The summed E-state index contributed by atoms with van der Waals surface area (Å²) in [7, 11) is 0. The fourth-order valence-electron chi connectivity index (χ4n) is 1.95. The van der Waals surface area contributed by atoms with E-state index in [0.29, 0.717) is 17.4 Å². The zero-order valence-corrected chi connectivity index (χ0v) is 11.7. The lowest BCUT2D eigenvalue weighted by atomic mass is 10.1. The minimum Gasteiger partial charge on any atom is -0.485 e. The van der Waals surface area contributed by atoms with Gasteiger partial charge in [0.1, 0.15) is 6.61 Å². The summed E-state index contributed by atoms with van der Waals surface area (Å²) >= 11 is 5.70. The summed E-state index contributed by atoms with van der Waals surface area (Å²) in [5.41, 5.74) is 0. The smallest absolute Gasteiger partial charge is 0.264 e. The molecule has 1 N–H and O–H groups in total. The number of carbonyl (C=O) groups excluding carboxylic acids is 1. The second kappa shape index (κ2) is 6.66. The van der Waals surface area contributed by atoms with E-state index in [1.807, 2.05) is 25.1 Å². The third kappa shape index (κ3) is 3.53. The molecule has 0 fully saturated rings. The number of hydrogen-bond acceptors (Lipinski definition) is 3. The van der Waals surface area contributed by atoms with Gasteiger partial charge in [-0.15, -0.1) is 11.6 Å². The van der Waals surface area contributed by atoms with Gasteiger partial charge < -0.3 is 14.8 Å². The Bertz CT molecular complexity index is 438. The Morgan fingerprint density at radius 1 is 1.47 bits per heavy atom. The van der Waals surface area contributed by atoms with Crippen molar-refractivity contribution >= 4 is 17.5 Å². The quantitative estimate of drug-likeness (QED) is 0.844. The Kier molecular flexibility index (Phi) is 4.91. The van der Waals surface area contributed by atoms with Crippen LogP contribution in [-0.4, -0.2) is 30.5 Å². The van der Waals surface area contributed by atoms with E-state index >= 15 is 0 Å². The molecule has 1 aromatic carbocycles. The molecule has 19 heavy (non-hydrogen) atoms. The first-order chi connectivity index (χ1) is 9.24. The van der Waals surface area contributed by atoms with Crippen LogP contribution in [0.5, 0.6) is 11.5 Å². The van der Waals surface area contributed by atoms with Gasteiger partial charge in [-0.2, -0.15) is 0 Å². The summed E-state index contributed by atoms with van der Waals surface area (Å²) < 4.78 is 11.2. The molecule has 0 saturated heterocycles. The summed E-state index contributed by atoms with van der Waals surface area (Å²) in [6.45, 7) is 2.26. The van der Waals surface area contributed by atoms with Crippen molar-refractivity contribution in [2.45, 2.75) is 31.9 Å². The molecule has 0 bridgehead atoms. The predicted octanol–water partition coefficient (Wildman–Crippen LogP) is 2.35. The first-order valence-corrected chi connectivity index (χ1v) is 7.03. The van der Waals surface area contributed by atoms with E-state index in [2.05, 4.69) is 5.32 Å². The van der Waals surface area contributed by atoms with Crippen LogP contribution in [0.25, 0.3) is 0 Å². The number of ether oxygens (including phenoxy) is 2. The highest BCUT2D eigenvalue weighted by atomic mass is 35.5. The first-order valence-electron chi connectivity index (χ1n) is 6.49. The van der Waals surface area contributed by atoms with Crippen molar-refractivity contribution in [1.29, 1.82) is 0 Å². The van der Waals surface area contributed by atoms with Crippen molar-refractivity contribution in [3.63, 3.8) is 0 Å². The molecule has 0 spiro atoms. The van der Waals surface area contributed by atoms with Crippen molar-refractivity contribution < 1.29 is 14.3 Å². The second-order valence-corrected chi connectivity index (χ2v) is 4.83. The lowest BCUT2D eigenvalue weighted by molar-refractivity contribution is -0.131. The molecule has 0 aliphatic carbocycles. The molecule has 1 amide bonds. The Hall–Kier alpha value is -1.42. The average Bonchev–Trinajstić information content (AvgIpc) is 2.46. The van der Waals surface area contributed by atoms with Crippen LogP contribution in [0.2, 0.25) is 0 Å². The van der Waals surface area contributed by atoms with Gasteiger partial charge in [-0.05, 0) is 25.0 Å². The summed E-state index contributed by atoms with van der Waals surface area (Å²) in [6, 6.07) is 7.43. The van der Waals surface area contributed by atoms with E-state index in [9.17, 15) is 4.79 Å². The number of nitrogens with one attached hydrogen (secondary N) is 1. The lowest BCUT2D eigenvalue weighted by Crippen LogP contribution is -2.47. The Balaban J connectivity index is 1.95. The van der Waals surface area contributed by atoms with E-state index in [-0.39, 0.29) is 18.6 Å². The van der Waals surface area contributed by atoms with E-state index in [0.717, 1.165) is 12.8 Å². The molecule has 2 unspecified atom stereocenters. The molecule has 104 valence electrons. The van der Waals surface area contributed by atoms with Crippen LogP contribution in [0.3, 0.4) is 0 Å². The average molecular weight is 284 g/mol. The summed E-state index contributed by atoms with van der Waals surface area (Å²) in [5, 5.41) is 2.94. The van der Waals surface area contributed by atoms with Crippen LogP contribution in [0.15, 0.2) is 24.3 Å². The van der Waals surface area contributed by atoms with Gasteiger partial charge in [-0.1, -0.05) is 19.1 Å². The van der Waals surface area contributed by atoms with Crippen molar-refractivity contribution in [3.8, 4) is 11.5 Å². The summed E-state index contributed by atoms with van der Waals surface area (Å²) in [6.07, 6.45) is 1.01. The van der Waals surface area contributed by atoms with Crippen LogP contribution >= 0.6 is 11.6 Å². The minimum absolute atomic E-state index is 0.0887. The predicted molar refractivity (Wildman–Crippen MR) is 73.9 cm³/mol. The number of alkyl halides is 1. The highest BCUT2D eigenvalue weighted by Gasteiger charge is 2.28. The number of carbonyl (C=O) groups is 1. The molecule has 1 aliphatic heterocycles. The van der Waals surface area contributed by atoms with Crippen molar-refractivity contribution in [2.75, 3.05) is 12.5 Å². The van der Waals surface area contributed by atoms with Crippen LogP contribution < -0.4 is 14.8 Å². The topological polar surface area (TPSA) is 47.6 Å². The third-order valence-electron chi connectivity index (χ3n) is 3.10. The highest BCUT2D eigenvalue weighted by Crippen LogP contribution is 2.30. The van der Waals surface area contributed by atoms with Crippen molar-refractivity contribution in [3.05, 3.63) is 24.3 Å². The van der Waals surface area contributed by atoms with Gasteiger partial charge in [0.25, 0.3) is 5.91 Å². The van der Waals surface area contributed by atoms with Gasteiger partial charge in [-0.3, -0.25) is 4.79 Å². The summed E-state index contributed by atoms with van der Waals surface area (Å²) in [5.74, 6) is 1.68. The van der Waals surface area contributed by atoms with Crippen LogP contribution in [0.1, 0.15) is 19.8 Å². The summed E-state index contributed by atoms with van der Waals surface area (Å²) in [4.78, 5) is 12.1. The number of rotatable bonds is 5. The van der Waals surface area contributed by atoms with Gasteiger partial charge in [-0.25, -0.2) is 0 Å². The van der Waals surface area contributed by atoms with Crippen molar-refractivity contribution in [1.82, 2.24) is 5.32 Å². The first kappa shape index (κ1) is 14.0. The second-order valence-electron chi connectivity index (χ2n) is 4.46. The SMILES string of the molecule is CCC(CCCl)NC(=O)C1COc2ccccc2O1. The Morgan fingerprint density at radius 3 is 2.89 bits per heavy atom. The maximum atomic E-state index is 12.1. The molecule has 2 atom stereocenters. The molecule has 2 rings (SSSR count). The maximum absolute atomic E-state index is 12.1.